The first-order valence-corrected chi connectivity index (χ1v) is 19.7. The zero-order chi connectivity index (χ0) is 37.6. The highest BCUT2D eigenvalue weighted by Gasteiger charge is 2.53. The van der Waals surface area contributed by atoms with Crippen molar-refractivity contribution in [1.29, 1.82) is 0 Å². The highest BCUT2D eigenvalue weighted by molar-refractivity contribution is 7.89. The van der Waals surface area contributed by atoms with Crippen LogP contribution in [0.25, 0.3) is 11.1 Å². The van der Waals surface area contributed by atoms with Gasteiger partial charge in [-0.3, -0.25) is 14.2 Å². The predicted octanol–water partition coefficient (Wildman–Crippen LogP) is 5.91. The molecule has 2 fully saturated rings. The second-order valence-electron chi connectivity index (χ2n) is 13.7. The molecule has 3 aliphatic heterocycles. The zero-order valence-corrected chi connectivity index (χ0v) is 31.6. The largest absolute Gasteiger partial charge is 0.378 e. The lowest BCUT2D eigenvalue weighted by Crippen LogP contribution is -2.46. The number of fused-ring (bicyclic) bond motifs is 1. The van der Waals surface area contributed by atoms with E-state index >= 15 is 0 Å². The number of morpholine rings is 1. The van der Waals surface area contributed by atoms with Gasteiger partial charge in [0.05, 0.1) is 25.1 Å². The second kappa shape index (κ2) is 14.4. The normalized spacial score (nSPS) is 20.4. The molecule has 54 heavy (non-hydrogen) atoms. The number of amides is 2. The van der Waals surface area contributed by atoms with Crippen molar-refractivity contribution >= 4 is 68.1 Å². The Kier molecular flexibility index (Phi) is 9.65. The number of sulfonamides is 1. The summed E-state index contributed by atoms with van der Waals surface area (Å²) in [6.07, 6.45) is 7.07. The van der Waals surface area contributed by atoms with E-state index in [9.17, 15) is 18.0 Å². The number of imidazole rings is 1. The molecule has 278 valence electrons. The average molecular weight is 788 g/mol. The SMILES string of the molecule is CC1(Cc2ccc(-c3cncnc3)cc2)C(=O)N(c2cc(Cl)cc(Cl)c2)c2ncc(S(=O)(=O)N3CCCC3C(=O)Nc3ccc(N4CCOCC4)cc3)n21. The van der Waals surface area contributed by atoms with Crippen LogP contribution in [0.3, 0.4) is 0 Å². The topological polar surface area (TPSA) is 143 Å². The van der Waals surface area contributed by atoms with Crippen molar-refractivity contribution in [2.24, 2.45) is 0 Å². The number of carbonyl (C=O) groups is 2. The van der Waals surface area contributed by atoms with E-state index in [1.54, 1.807) is 37.5 Å². The van der Waals surface area contributed by atoms with Crippen molar-refractivity contribution in [3.63, 3.8) is 0 Å². The summed E-state index contributed by atoms with van der Waals surface area (Å²) in [7, 11) is -4.37. The predicted molar refractivity (Wildman–Crippen MR) is 206 cm³/mol. The molecular weight excluding hydrogens is 751 g/mol. The third kappa shape index (κ3) is 6.62. The van der Waals surface area contributed by atoms with Crippen molar-refractivity contribution < 1.29 is 22.7 Å². The monoisotopic (exact) mass is 786 g/mol. The van der Waals surface area contributed by atoms with Crippen molar-refractivity contribution in [3.05, 3.63) is 107 Å². The first-order chi connectivity index (χ1) is 26.0. The number of rotatable bonds is 9. The Bertz CT molecular complexity index is 2300. The summed E-state index contributed by atoms with van der Waals surface area (Å²) >= 11 is 12.7. The summed E-state index contributed by atoms with van der Waals surface area (Å²) in [6, 6.07) is 18.8. The van der Waals surface area contributed by atoms with Gasteiger partial charge in [0, 0.05) is 65.4 Å². The van der Waals surface area contributed by atoms with Gasteiger partial charge in [-0.15, -0.1) is 0 Å². The number of nitrogens with zero attached hydrogens (tertiary/aromatic N) is 7. The summed E-state index contributed by atoms with van der Waals surface area (Å²) in [6.45, 7) is 4.70. The minimum absolute atomic E-state index is 0.0954. The Morgan fingerprint density at radius 1 is 0.907 bits per heavy atom. The van der Waals surface area contributed by atoms with Gasteiger partial charge in [-0.2, -0.15) is 4.31 Å². The lowest BCUT2D eigenvalue weighted by molar-refractivity contribution is -0.124. The van der Waals surface area contributed by atoms with E-state index in [2.05, 4.69) is 25.2 Å². The van der Waals surface area contributed by atoms with Gasteiger partial charge in [0.25, 0.3) is 15.9 Å². The Morgan fingerprint density at radius 3 is 2.28 bits per heavy atom. The Balaban J connectivity index is 1.12. The van der Waals surface area contributed by atoms with Gasteiger partial charge in [-0.25, -0.2) is 28.3 Å². The van der Waals surface area contributed by atoms with Gasteiger partial charge in [-0.05, 0) is 73.4 Å². The van der Waals surface area contributed by atoms with Gasteiger partial charge in [0.1, 0.15) is 17.9 Å². The molecule has 1 N–H and O–H groups in total. The lowest BCUT2D eigenvalue weighted by atomic mass is 9.91. The number of hydrogen-bond acceptors (Lipinski definition) is 9. The molecule has 2 saturated heterocycles. The van der Waals surface area contributed by atoms with E-state index in [-0.39, 0.29) is 23.9 Å². The first kappa shape index (κ1) is 36.1. The Labute approximate surface area is 322 Å². The number of benzene rings is 3. The minimum Gasteiger partial charge on any atom is -0.378 e. The maximum absolute atomic E-state index is 14.7. The van der Waals surface area contributed by atoms with Crippen molar-refractivity contribution in [1.82, 2.24) is 23.8 Å². The van der Waals surface area contributed by atoms with E-state index in [4.69, 9.17) is 27.9 Å². The number of ether oxygens (including phenoxy) is 1. The van der Waals surface area contributed by atoms with Gasteiger partial charge in [0.2, 0.25) is 11.9 Å². The molecule has 2 aromatic heterocycles. The molecule has 2 unspecified atom stereocenters. The van der Waals surface area contributed by atoms with Crippen LogP contribution in [0.15, 0.2) is 96.7 Å². The zero-order valence-electron chi connectivity index (χ0n) is 29.2. The number of anilines is 4. The van der Waals surface area contributed by atoms with Crippen LogP contribution in [0.5, 0.6) is 0 Å². The summed E-state index contributed by atoms with van der Waals surface area (Å²) in [5.41, 5.74) is 2.95. The molecule has 0 radical (unpaired) electrons. The summed E-state index contributed by atoms with van der Waals surface area (Å²) < 4.78 is 37.6. The van der Waals surface area contributed by atoms with E-state index in [0.29, 0.717) is 47.5 Å². The highest BCUT2D eigenvalue weighted by atomic mass is 35.5. The molecule has 8 rings (SSSR count). The number of hydrogen-bond donors (Lipinski definition) is 1. The minimum atomic E-state index is -4.37. The van der Waals surface area contributed by atoms with Crippen LogP contribution in [0.4, 0.5) is 23.0 Å². The molecule has 0 spiro atoms. The third-order valence-corrected chi connectivity index (χ3v) is 12.5. The molecule has 3 aliphatic rings. The molecule has 2 atom stereocenters. The maximum atomic E-state index is 14.7. The van der Waals surface area contributed by atoms with Gasteiger partial charge in [0.15, 0.2) is 5.03 Å². The van der Waals surface area contributed by atoms with Crippen molar-refractivity contribution in [2.45, 2.75) is 42.8 Å². The fourth-order valence-electron chi connectivity index (χ4n) is 7.49. The third-order valence-electron chi connectivity index (χ3n) is 10.2. The maximum Gasteiger partial charge on any atom is 0.261 e. The fourth-order valence-corrected chi connectivity index (χ4v) is 9.85. The molecule has 2 amide bonds. The summed E-state index contributed by atoms with van der Waals surface area (Å²) in [4.78, 5) is 44.7. The smallest absolute Gasteiger partial charge is 0.261 e. The van der Waals surface area contributed by atoms with E-state index in [1.807, 2.05) is 48.5 Å². The van der Waals surface area contributed by atoms with Gasteiger partial charge in [-0.1, -0.05) is 47.5 Å². The molecule has 13 nitrogen and oxygen atoms in total. The molecule has 5 heterocycles. The lowest BCUT2D eigenvalue weighted by Gasteiger charge is -2.29. The second-order valence-corrected chi connectivity index (χ2v) is 16.4. The molecule has 0 aliphatic carbocycles. The quantitative estimate of drug-likeness (QED) is 0.193. The fraction of sp³-hybridized carbons (Fsp3) is 0.289. The van der Waals surface area contributed by atoms with Gasteiger partial charge >= 0.3 is 0 Å². The molecule has 5 aromatic rings. The number of nitrogens with one attached hydrogen (secondary N) is 1. The molecular formula is C38H36Cl2N8O5S. The number of carbonyl (C=O) groups excluding carboxylic acids is 2. The first-order valence-electron chi connectivity index (χ1n) is 17.5. The molecule has 0 bridgehead atoms. The Morgan fingerprint density at radius 2 is 1.59 bits per heavy atom. The van der Waals surface area contributed by atoms with Crippen molar-refractivity contribution in [3.8, 4) is 11.1 Å². The highest BCUT2D eigenvalue weighted by Crippen LogP contribution is 2.45. The van der Waals surface area contributed by atoms with Crippen LogP contribution in [0, 0.1) is 0 Å². The number of halogens is 2. The number of aromatic nitrogens is 4. The van der Waals surface area contributed by atoms with Crippen molar-refractivity contribution in [2.75, 3.05) is 48.0 Å². The average Bonchev–Trinajstić information content (AvgIpc) is 3.90. The summed E-state index contributed by atoms with van der Waals surface area (Å²) in [5.74, 6) is -0.760. The van der Waals surface area contributed by atoms with Gasteiger partial charge < -0.3 is 15.0 Å². The Hall–Kier alpha value is -4.86. The van der Waals surface area contributed by atoms with Crippen LogP contribution in [0.1, 0.15) is 25.3 Å². The van der Waals surface area contributed by atoms with E-state index < -0.39 is 33.4 Å². The van der Waals surface area contributed by atoms with Crippen LogP contribution < -0.4 is 15.1 Å². The molecule has 16 heteroatoms. The summed E-state index contributed by atoms with van der Waals surface area (Å²) in [5, 5.41) is 3.32. The van der Waals surface area contributed by atoms with E-state index in [0.717, 1.165) is 35.5 Å². The van der Waals surface area contributed by atoms with Crippen LogP contribution >= 0.6 is 23.2 Å². The molecule has 0 saturated carbocycles. The standard InChI is InChI=1S/C38H36Cl2N8O5S/c1-38(20-25-4-6-26(7-5-25)27-21-41-24-42-22-27)36(50)47(32-18-28(39)17-29(40)19-32)37-43-23-34(48(37)38)54(51,52)46-12-2-3-33(46)35(49)44-30-8-10-31(11-9-30)45-13-15-53-16-14-45/h4-11,17-19,21-24,33H,2-3,12-16,20H2,1H3,(H,44,49). The van der Waals surface area contributed by atoms with Crippen LogP contribution in [-0.4, -0.2) is 82.9 Å². The van der Waals surface area contributed by atoms with Crippen LogP contribution in [0.2, 0.25) is 10.0 Å². The molecule has 3 aromatic carbocycles. The van der Waals surface area contributed by atoms with E-state index in [1.165, 1.54) is 26.3 Å². The van der Waals surface area contributed by atoms with Crippen LogP contribution in [-0.2, 0) is 36.3 Å².